The molecule has 0 spiro atoms. The van der Waals surface area contributed by atoms with Crippen LogP contribution in [0.15, 0.2) is 36.4 Å². The van der Waals surface area contributed by atoms with Gasteiger partial charge in [0.25, 0.3) is 5.91 Å². The van der Waals surface area contributed by atoms with E-state index in [0.29, 0.717) is 16.5 Å². The van der Waals surface area contributed by atoms with E-state index in [-0.39, 0.29) is 18.5 Å². The van der Waals surface area contributed by atoms with E-state index in [4.69, 9.17) is 16.3 Å². The van der Waals surface area contributed by atoms with Gasteiger partial charge in [-0.1, -0.05) is 29.8 Å². The van der Waals surface area contributed by atoms with Crippen molar-refractivity contribution in [3.63, 3.8) is 0 Å². The minimum absolute atomic E-state index is 0.113. The zero-order valence-electron chi connectivity index (χ0n) is 16.2. The van der Waals surface area contributed by atoms with Crippen molar-refractivity contribution in [2.24, 2.45) is 0 Å². The topological polar surface area (TPSA) is 75.7 Å². The highest BCUT2D eigenvalue weighted by molar-refractivity contribution is 7.92. The Bertz CT molecular complexity index is 1020. The van der Waals surface area contributed by atoms with Crippen LogP contribution in [0.4, 0.5) is 5.69 Å². The van der Waals surface area contributed by atoms with Gasteiger partial charge in [0, 0.05) is 5.02 Å². The smallest absolute Gasteiger partial charge is 0.263 e. The van der Waals surface area contributed by atoms with Crippen molar-refractivity contribution in [2.75, 3.05) is 17.1 Å². The molecule has 1 heterocycles. The summed E-state index contributed by atoms with van der Waals surface area (Å²) >= 11 is 6.00. The van der Waals surface area contributed by atoms with Crippen molar-refractivity contribution in [2.45, 2.75) is 32.9 Å². The number of nitrogens with zero attached hydrogens (tertiary/aromatic N) is 1. The second kappa shape index (κ2) is 7.64. The summed E-state index contributed by atoms with van der Waals surface area (Å²) in [6.07, 6.45) is 0.132. The second-order valence-corrected chi connectivity index (χ2v) is 9.43. The molecule has 2 aromatic carbocycles. The van der Waals surface area contributed by atoms with Crippen molar-refractivity contribution in [3.05, 3.63) is 58.1 Å². The number of hydrogen-bond donors (Lipinski definition) is 1. The number of benzene rings is 2. The third-order valence-electron chi connectivity index (χ3n) is 4.87. The first-order chi connectivity index (χ1) is 13.1. The van der Waals surface area contributed by atoms with Crippen molar-refractivity contribution < 1.29 is 17.9 Å². The van der Waals surface area contributed by atoms with Crippen LogP contribution in [0.5, 0.6) is 5.75 Å². The Morgan fingerprint density at radius 3 is 2.57 bits per heavy atom. The fourth-order valence-electron chi connectivity index (χ4n) is 3.10. The van der Waals surface area contributed by atoms with Gasteiger partial charge in [0.1, 0.15) is 5.75 Å². The van der Waals surface area contributed by atoms with E-state index in [1.54, 1.807) is 12.1 Å². The third kappa shape index (κ3) is 4.25. The molecule has 1 N–H and O–H groups in total. The molecule has 0 aromatic heterocycles. The molecule has 2 unspecified atom stereocenters. The minimum Gasteiger partial charge on any atom is -0.476 e. The summed E-state index contributed by atoms with van der Waals surface area (Å²) in [4.78, 5) is 12.8. The molecule has 1 aliphatic heterocycles. The first-order valence-electron chi connectivity index (χ1n) is 8.87. The maximum atomic E-state index is 12.8. The summed E-state index contributed by atoms with van der Waals surface area (Å²) in [5, 5.41) is 3.31. The van der Waals surface area contributed by atoms with Gasteiger partial charge in [-0.25, -0.2) is 8.42 Å². The van der Waals surface area contributed by atoms with E-state index < -0.39 is 16.1 Å². The largest absolute Gasteiger partial charge is 0.476 e. The normalized spacial score (nSPS) is 17.5. The number of anilines is 1. The molecule has 1 aliphatic rings. The molecule has 0 saturated heterocycles. The summed E-state index contributed by atoms with van der Waals surface area (Å²) in [5.41, 5.74) is 3.62. The standard InChI is InChI=1S/C20H23ClN2O4S/c1-12-5-6-15(9-13(12)2)14(3)22-20(24)19-11-23(28(4,25)26)17-10-16(21)7-8-18(17)27-19/h5-10,14,19H,11H2,1-4H3,(H,22,24). The molecule has 0 fully saturated rings. The molecule has 150 valence electrons. The van der Waals surface area contributed by atoms with E-state index in [1.165, 1.54) is 11.6 Å². The number of aryl methyl sites for hydroxylation is 2. The van der Waals surface area contributed by atoms with Gasteiger partial charge >= 0.3 is 0 Å². The average Bonchev–Trinajstić information content (AvgIpc) is 2.62. The van der Waals surface area contributed by atoms with Crippen LogP contribution in [0, 0.1) is 13.8 Å². The molecule has 2 aromatic rings. The van der Waals surface area contributed by atoms with Crippen LogP contribution < -0.4 is 14.4 Å². The second-order valence-electron chi connectivity index (χ2n) is 7.09. The molecule has 1 amide bonds. The molecule has 0 aliphatic carbocycles. The number of halogens is 1. The first kappa shape index (κ1) is 20.5. The Balaban J connectivity index is 1.82. The van der Waals surface area contributed by atoms with E-state index in [0.717, 1.165) is 21.7 Å². The number of amides is 1. The van der Waals surface area contributed by atoms with Gasteiger partial charge in [0.15, 0.2) is 6.10 Å². The number of rotatable bonds is 4. The molecule has 8 heteroatoms. The van der Waals surface area contributed by atoms with Crippen LogP contribution in [0.25, 0.3) is 0 Å². The van der Waals surface area contributed by atoms with Gasteiger partial charge in [0.05, 0.1) is 24.5 Å². The molecule has 0 bridgehead atoms. The van der Waals surface area contributed by atoms with Crippen molar-refractivity contribution in [1.82, 2.24) is 5.32 Å². The monoisotopic (exact) mass is 422 g/mol. The fraction of sp³-hybridized carbons (Fsp3) is 0.350. The number of sulfonamides is 1. The molecule has 3 rings (SSSR count). The van der Waals surface area contributed by atoms with Crippen LogP contribution in [0.3, 0.4) is 0 Å². The summed E-state index contributed by atoms with van der Waals surface area (Å²) < 4.78 is 31.4. The van der Waals surface area contributed by atoms with Gasteiger partial charge in [-0.15, -0.1) is 0 Å². The van der Waals surface area contributed by atoms with Crippen LogP contribution in [0.2, 0.25) is 5.02 Å². The quantitative estimate of drug-likeness (QED) is 0.819. The first-order valence-corrected chi connectivity index (χ1v) is 11.1. The van der Waals surface area contributed by atoms with Gasteiger partial charge in [0.2, 0.25) is 10.0 Å². The zero-order chi connectivity index (χ0) is 20.6. The number of carbonyl (C=O) groups excluding carboxylic acids is 1. The van der Waals surface area contributed by atoms with Crippen LogP contribution in [-0.4, -0.2) is 33.2 Å². The van der Waals surface area contributed by atoms with E-state index >= 15 is 0 Å². The molecular weight excluding hydrogens is 400 g/mol. The molecular formula is C20H23ClN2O4S. The lowest BCUT2D eigenvalue weighted by Crippen LogP contribution is -2.50. The Morgan fingerprint density at radius 2 is 1.93 bits per heavy atom. The van der Waals surface area contributed by atoms with E-state index in [1.807, 2.05) is 39.0 Å². The number of carbonyl (C=O) groups is 1. The maximum absolute atomic E-state index is 12.8. The van der Waals surface area contributed by atoms with Gasteiger partial charge in [-0.3, -0.25) is 9.10 Å². The lowest BCUT2D eigenvalue weighted by atomic mass is 10.0. The van der Waals surface area contributed by atoms with Gasteiger partial charge in [-0.05, 0) is 55.7 Å². The Kier molecular flexibility index (Phi) is 5.59. The zero-order valence-corrected chi connectivity index (χ0v) is 17.8. The predicted molar refractivity (Wildman–Crippen MR) is 111 cm³/mol. The summed E-state index contributed by atoms with van der Waals surface area (Å²) in [6.45, 7) is 5.82. The van der Waals surface area contributed by atoms with Crippen molar-refractivity contribution in [1.29, 1.82) is 0 Å². The summed E-state index contributed by atoms with van der Waals surface area (Å²) in [7, 11) is -3.60. The highest BCUT2D eigenvalue weighted by Crippen LogP contribution is 2.37. The highest BCUT2D eigenvalue weighted by atomic mass is 35.5. The number of hydrogen-bond acceptors (Lipinski definition) is 4. The van der Waals surface area contributed by atoms with E-state index in [2.05, 4.69) is 5.32 Å². The van der Waals surface area contributed by atoms with Crippen LogP contribution in [-0.2, 0) is 14.8 Å². The predicted octanol–water partition coefficient (Wildman–Crippen LogP) is 3.36. The minimum atomic E-state index is -3.60. The molecule has 6 nitrogen and oxygen atoms in total. The Morgan fingerprint density at radius 1 is 1.21 bits per heavy atom. The van der Waals surface area contributed by atoms with Gasteiger partial charge < -0.3 is 10.1 Å². The lowest BCUT2D eigenvalue weighted by Gasteiger charge is -2.34. The van der Waals surface area contributed by atoms with Gasteiger partial charge in [-0.2, -0.15) is 0 Å². The Labute approximate surface area is 170 Å². The number of fused-ring (bicyclic) bond motifs is 1. The number of nitrogens with one attached hydrogen (secondary N) is 1. The summed E-state index contributed by atoms with van der Waals surface area (Å²) in [5.74, 6) is -0.0694. The number of ether oxygens (including phenoxy) is 1. The van der Waals surface area contributed by atoms with Crippen LogP contribution >= 0.6 is 11.6 Å². The molecule has 2 atom stereocenters. The SMILES string of the molecule is Cc1ccc(C(C)NC(=O)C2CN(S(C)(=O)=O)c3cc(Cl)ccc3O2)cc1C. The van der Waals surface area contributed by atoms with Crippen molar-refractivity contribution >= 4 is 33.2 Å². The fourth-order valence-corrected chi connectivity index (χ4v) is 4.17. The average molecular weight is 423 g/mol. The Hall–Kier alpha value is -2.25. The highest BCUT2D eigenvalue weighted by Gasteiger charge is 2.35. The lowest BCUT2D eigenvalue weighted by molar-refractivity contribution is -0.128. The third-order valence-corrected chi connectivity index (χ3v) is 6.25. The molecule has 0 radical (unpaired) electrons. The van der Waals surface area contributed by atoms with Crippen molar-refractivity contribution in [3.8, 4) is 5.75 Å². The molecule has 0 saturated carbocycles. The molecule has 28 heavy (non-hydrogen) atoms. The van der Waals surface area contributed by atoms with E-state index in [9.17, 15) is 13.2 Å². The summed E-state index contributed by atoms with van der Waals surface area (Å²) in [6, 6.07) is 10.5. The maximum Gasteiger partial charge on any atom is 0.263 e. The van der Waals surface area contributed by atoms with Crippen LogP contribution in [0.1, 0.15) is 29.7 Å².